The van der Waals surface area contributed by atoms with Crippen LogP contribution >= 0.6 is 0 Å². The molecule has 2 fully saturated rings. The first-order valence-corrected chi connectivity index (χ1v) is 6.61. The standard InChI is InChI=1S/C14H15N3O3/c1-9-7-15-6-3-10(9)8-17-12(19)14(4-2-5-14)11(18)16-13(17)20/h3,6-7H,2,4-5,8H2,1H3,(H,16,18,20). The van der Waals surface area contributed by atoms with Gasteiger partial charge in [-0.3, -0.25) is 24.8 Å². The Kier molecular flexibility index (Phi) is 2.81. The Morgan fingerprint density at radius 2 is 2.10 bits per heavy atom. The predicted molar refractivity (Wildman–Crippen MR) is 69.3 cm³/mol. The van der Waals surface area contributed by atoms with E-state index in [1.165, 1.54) is 0 Å². The van der Waals surface area contributed by atoms with Gasteiger partial charge in [0.05, 0.1) is 6.54 Å². The smallest absolute Gasteiger partial charge is 0.277 e. The minimum Gasteiger partial charge on any atom is -0.277 e. The molecule has 0 unspecified atom stereocenters. The van der Waals surface area contributed by atoms with Gasteiger partial charge in [0.15, 0.2) is 0 Å². The second-order valence-corrected chi connectivity index (χ2v) is 5.39. The number of carbonyl (C=O) groups excluding carboxylic acids is 3. The quantitative estimate of drug-likeness (QED) is 0.819. The topological polar surface area (TPSA) is 79.4 Å². The van der Waals surface area contributed by atoms with E-state index in [4.69, 9.17) is 0 Å². The van der Waals surface area contributed by atoms with Crippen LogP contribution in [0.3, 0.4) is 0 Å². The van der Waals surface area contributed by atoms with Gasteiger partial charge in [0.1, 0.15) is 5.41 Å². The van der Waals surface area contributed by atoms with Gasteiger partial charge in [-0.15, -0.1) is 0 Å². The number of barbiturate groups is 1. The molecule has 2 aliphatic rings. The van der Waals surface area contributed by atoms with Crippen LogP contribution in [0.4, 0.5) is 4.79 Å². The summed E-state index contributed by atoms with van der Waals surface area (Å²) in [4.78, 5) is 41.4. The number of hydrogen-bond donors (Lipinski definition) is 1. The summed E-state index contributed by atoms with van der Waals surface area (Å²) in [6.07, 6.45) is 5.20. The minimum atomic E-state index is -1.01. The second kappa shape index (κ2) is 4.40. The number of amides is 4. The summed E-state index contributed by atoms with van der Waals surface area (Å²) in [5, 5.41) is 2.30. The van der Waals surface area contributed by atoms with Crippen molar-refractivity contribution in [3.05, 3.63) is 29.6 Å². The molecule has 0 aromatic carbocycles. The molecular formula is C14H15N3O3. The molecule has 2 heterocycles. The third-order valence-electron chi connectivity index (χ3n) is 4.23. The first kappa shape index (κ1) is 12.8. The summed E-state index contributed by atoms with van der Waals surface area (Å²) >= 11 is 0. The lowest BCUT2D eigenvalue weighted by atomic mass is 9.66. The van der Waals surface area contributed by atoms with Gasteiger partial charge in [-0.05, 0) is 37.0 Å². The number of rotatable bonds is 2. The van der Waals surface area contributed by atoms with E-state index in [0.717, 1.165) is 22.4 Å². The van der Waals surface area contributed by atoms with Crippen LogP contribution in [0.1, 0.15) is 30.4 Å². The van der Waals surface area contributed by atoms with E-state index < -0.39 is 17.4 Å². The molecule has 20 heavy (non-hydrogen) atoms. The fourth-order valence-electron chi connectivity index (χ4n) is 2.70. The first-order chi connectivity index (χ1) is 9.54. The molecule has 6 heteroatoms. The Bertz CT molecular complexity index is 607. The number of urea groups is 1. The van der Waals surface area contributed by atoms with Crippen molar-refractivity contribution in [3.8, 4) is 0 Å². The SMILES string of the molecule is Cc1cnccc1CN1C(=O)NC(=O)C2(CCC2)C1=O. The molecule has 104 valence electrons. The summed E-state index contributed by atoms with van der Waals surface area (Å²) in [6.45, 7) is 2.05. The van der Waals surface area contributed by atoms with Gasteiger partial charge in [0.25, 0.3) is 0 Å². The maximum absolute atomic E-state index is 12.5. The average molecular weight is 273 g/mol. The van der Waals surface area contributed by atoms with Crippen LogP contribution in [-0.2, 0) is 16.1 Å². The Balaban J connectivity index is 1.89. The van der Waals surface area contributed by atoms with Gasteiger partial charge in [0.2, 0.25) is 11.8 Å². The van der Waals surface area contributed by atoms with Crippen LogP contribution < -0.4 is 5.32 Å². The van der Waals surface area contributed by atoms with Crippen LogP contribution in [0.15, 0.2) is 18.5 Å². The van der Waals surface area contributed by atoms with E-state index in [1.807, 2.05) is 6.92 Å². The normalized spacial score (nSPS) is 20.9. The lowest BCUT2D eigenvalue weighted by Gasteiger charge is -2.44. The molecule has 1 aromatic rings. The Morgan fingerprint density at radius 3 is 2.70 bits per heavy atom. The number of nitrogens with zero attached hydrogens (tertiary/aromatic N) is 2. The maximum atomic E-state index is 12.5. The van der Waals surface area contributed by atoms with E-state index in [1.54, 1.807) is 18.5 Å². The maximum Gasteiger partial charge on any atom is 0.331 e. The first-order valence-electron chi connectivity index (χ1n) is 6.61. The van der Waals surface area contributed by atoms with Crippen molar-refractivity contribution in [2.75, 3.05) is 0 Å². The highest BCUT2D eigenvalue weighted by Gasteiger charge is 2.57. The zero-order valence-corrected chi connectivity index (χ0v) is 11.2. The molecule has 0 bridgehead atoms. The van der Waals surface area contributed by atoms with Gasteiger partial charge in [-0.1, -0.05) is 6.42 Å². The van der Waals surface area contributed by atoms with E-state index in [-0.39, 0.29) is 12.5 Å². The molecule has 3 rings (SSSR count). The summed E-state index contributed by atoms with van der Waals surface area (Å²) in [5.74, 6) is -0.810. The van der Waals surface area contributed by atoms with E-state index in [0.29, 0.717) is 12.8 Å². The number of hydrogen-bond acceptors (Lipinski definition) is 4. The molecule has 1 saturated heterocycles. The molecule has 1 spiro atoms. The van der Waals surface area contributed by atoms with Crippen molar-refractivity contribution >= 4 is 17.8 Å². The van der Waals surface area contributed by atoms with Crippen LogP contribution in [0.5, 0.6) is 0 Å². The van der Waals surface area contributed by atoms with Crippen molar-refractivity contribution in [3.63, 3.8) is 0 Å². The monoisotopic (exact) mass is 273 g/mol. The molecule has 1 aliphatic heterocycles. The van der Waals surface area contributed by atoms with Gasteiger partial charge < -0.3 is 0 Å². The predicted octanol–water partition coefficient (Wildman–Crippen LogP) is 1.14. The number of imide groups is 2. The highest BCUT2D eigenvalue weighted by molar-refractivity contribution is 6.19. The Hall–Kier alpha value is -2.24. The number of pyridine rings is 1. The van der Waals surface area contributed by atoms with Crippen molar-refractivity contribution < 1.29 is 14.4 Å². The van der Waals surface area contributed by atoms with Crippen LogP contribution in [0, 0.1) is 12.3 Å². The highest BCUT2D eigenvalue weighted by Crippen LogP contribution is 2.44. The van der Waals surface area contributed by atoms with Crippen molar-refractivity contribution in [2.45, 2.75) is 32.7 Å². The fourth-order valence-corrected chi connectivity index (χ4v) is 2.70. The fraction of sp³-hybridized carbons (Fsp3) is 0.429. The molecule has 6 nitrogen and oxygen atoms in total. The van der Waals surface area contributed by atoms with Crippen molar-refractivity contribution in [2.24, 2.45) is 5.41 Å². The summed E-state index contributed by atoms with van der Waals surface area (Å²) in [6, 6.07) is 1.15. The van der Waals surface area contributed by atoms with E-state index in [9.17, 15) is 14.4 Å². The molecule has 1 saturated carbocycles. The second-order valence-electron chi connectivity index (χ2n) is 5.39. The largest absolute Gasteiger partial charge is 0.331 e. The summed E-state index contributed by atoms with van der Waals surface area (Å²) in [5.41, 5.74) is 0.759. The average Bonchev–Trinajstić information content (AvgIpc) is 2.34. The minimum absolute atomic E-state index is 0.175. The third kappa shape index (κ3) is 1.71. The van der Waals surface area contributed by atoms with Crippen LogP contribution in [0.2, 0.25) is 0 Å². The van der Waals surface area contributed by atoms with Gasteiger partial charge in [-0.25, -0.2) is 4.79 Å². The van der Waals surface area contributed by atoms with Crippen LogP contribution in [0.25, 0.3) is 0 Å². The summed E-state index contributed by atoms with van der Waals surface area (Å²) < 4.78 is 0. The molecule has 1 N–H and O–H groups in total. The molecule has 0 radical (unpaired) electrons. The molecule has 0 atom stereocenters. The van der Waals surface area contributed by atoms with Gasteiger partial charge in [-0.2, -0.15) is 0 Å². The van der Waals surface area contributed by atoms with Gasteiger partial charge >= 0.3 is 6.03 Å². The highest BCUT2D eigenvalue weighted by atomic mass is 16.2. The Morgan fingerprint density at radius 1 is 1.35 bits per heavy atom. The Labute approximate surface area is 116 Å². The molecule has 1 aromatic heterocycles. The zero-order chi connectivity index (χ0) is 14.3. The van der Waals surface area contributed by atoms with E-state index >= 15 is 0 Å². The van der Waals surface area contributed by atoms with E-state index in [2.05, 4.69) is 10.3 Å². The summed E-state index contributed by atoms with van der Waals surface area (Å²) in [7, 11) is 0. The lowest BCUT2D eigenvalue weighted by Crippen LogP contribution is -2.65. The number of carbonyl (C=O) groups is 3. The molecule has 1 aliphatic carbocycles. The van der Waals surface area contributed by atoms with Crippen molar-refractivity contribution in [1.29, 1.82) is 0 Å². The third-order valence-corrected chi connectivity index (χ3v) is 4.23. The van der Waals surface area contributed by atoms with Gasteiger partial charge in [0, 0.05) is 12.4 Å². The number of aryl methyl sites for hydroxylation is 1. The number of aromatic nitrogens is 1. The number of nitrogens with one attached hydrogen (secondary N) is 1. The molecule has 4 amide bonds. The van der Waals surface area contributed by atoms with Crippen LogP contribution in [-0.4, -0.2) is 27.7 Å². The zero-order valence-electron chi connectivity index (χ0n) is 11.2. The van der Waals surface area contributed by atoms with Crippen molar-refractivity contribution in [1.82, 2.24) is 15.2 Å². The molecular weight excluding hydrogens is 258 g/mol. The lowest BCUT2D eigenvalue weighted by molar-refractivity contribution is -0.158.